The highest BCUT2D eigenvalue weighted by atomic mass is 35.5. The van der Waals surface area contributed by atoms with Crippen molar-refractivity contribution in [1.82, 2.24) is 10.6 Å². The van der Waals surface area contributed by atoms with Gasteiger partial charge in [-0.3, -0.25) is 0 Å². The van der Waals surface area contributed by atoms with Gasteiger partial charge in [-0.25, -0.2) is 9.59 Å². The highest BCUT2D eigenvalue weighted by Gasteiger charge is 2.23. The molecule has 0 aromatic heterocycles. The molecule has 1 aromatic carbocycles. The van der Waals surface area contributed by atoms with E-state index in [4.69, 9.17) is 28.3 Å². The molecule has 1 unspecified atom stereocenters. The second-order valence-corrected chi connectivity index (χ2v) is 5.47. The van der Waals surface area contributed by atoms with Crippen molar-refractivity contribution in [2.75, 3.05) is 0 Å². The van der Waals surface area contributed by atoms with E-state index in [1.807, 2.05) is 0 Å². The number of carboxylic acids is 1. The number of carbonyl (C=O) groups excluding carboxylic acids is 1. The molecular weight excluding hydrogens is 303 g/mol. The average molecular weight is 319 g/mol. The van der Waals surface area contributed by atoms with Gasteiger partial charge in [0.25, 0.3) is 0 Å². The molecule has 0 radical (unpaired) electrons. The summed E-state index contributed by atoms with van der Waals surface area (Å²) >= 11 is 11.7. The van der Waals surface area contributed by atoms with Crippen LogP contribution in [0.25, 0.3) is 0 Å². The van der Waals surface area contributed by atoms with Gasteiger partial charge in [-0.2, -0.15) is 0 Å². The van der Waals surface area contributed by atoms with E-state index in [0.29, 0.717) is 15.6 Å². The molecule has 3 N–H and O–H groups in total. The van der Waals surface area contributed by atoms with Crippen LogP contribution in [-0.2, 0) is 11.3 Å². The zero-order valence-corrected chi connectivity index (χ0v) is 12.6. The lowest BCUT2D eigenvalue weighted by Gasteiger charge is -2.18. The Morgan fingerprint density at radius 1 is 1.30 bits per heavy atom. The molecule has 1 aromatic rings. The van der Waals surface area contributed by atoms with E-state index in [9.17, 15) is 9.59 Å². The molecule has 0 aliphatic rings. The Bertz CT molecular complexity index is 506. The molecule has 0 aliphatic carbocycles. The fourth-order valence-corrected chi connectivity index (χ4v) is 2.02. The smallest absolute Gasteiger partial charge is 0.326 e. The van der Waals surface area contributed by atoms with Crippen LogP contribution in [0, 0.1) is 5.92 Å². The van der Waals surface area contributed by atoms with Crippen LogP contribution in [0.3, 0.4) is 0 Å². The molecule has 1 atom stereocenters. The second kappa shape index (κ2) is 7.36. The summed E-state index contributed by atoms with van der Waals surface area (Å²) in [4.78, 5) is 22.6. The first kappa shape index (κ1) is 16.6. The number of amides is 2. The summed E-state index contributed by atoms with van der Waals surface area (Å²) in [5.41, 5.74) is 0.697. The van der Waals surface area contributed by atoms with Crippen molar-refractivity contribution in [3.63, 3.8) is 0 Å². The Labute approximate surface area is 127 Å². The van der Waals surface area contributed by atoms with Crippen LogP contribution in [0.1, 0.15) is 19.4 Å². The normalized spacial score (nSPS) is 12.1. The lowest BCUT2D eigenvalue weighted by molar-refractivity contribution is -0.140. The minimum atomic E-state index is -1.07. The van der Waals surface area contributed by atoms with Crippen molar-refractivity contribution in [2.24, 2.45) is 5.92 Å². The number of nitrogens with one attached hydrogen (secondary N) is 2. The third-order valence-electron chi connectivity index (χ3n) is 2.67. The van der Waals surface area contributed by atoms with Gasteiger partial charge in [0, 0.05) is 16.6 Å². The summed E-state index contributed by atoms with van der Waals surface area (Å²) < 4.78 is 0. The van der Waals surface area contributed by atoms with Crippen molar-refractivity contribution in [1.29, 1.82) is 0 Å². The Kier molecular flexibility index (Phi) is 6.10. The second-order valence-electron chi connectivity index (χ2n) is 4.62. The summed E-state index contributed by atoms with van der Waals surface area (Å²) in [6.07, 6.45) is 0. The number of halogens is 2. The quantitative estimate of drug-likeness (QED) is 0.781. The summed E-state index contributed by atoms with van der Waals surface area (Å²) in [7, 11) is 0. The molecule has 110 valence electrons. The standard InChI is InChI=1S/C13H16Cl2N2O3/c1-7(2)11(12(18)19)17-13(20)16-6-8-3-4-9(14)5-10(8)15/h3-5,7,11H,6H2,1-2H3,(H,18,19)(H2,16,17,20). The zero-order valence-electron chi connectivity index (χ0n) is 11.1. The van der Waals surface area contributed by atoms with Gasteiger partial charge in [0.2, 0.25) is 0 Å². The SMILES string of the molecule is CC(C)C(NC(=O)NCc1ccc(Cl)cc1Cl)C(=O)O. The molecule has 0 bridgehead atoms. The molecule has 0 heterocycles. The summed E-state index contributed by atoms with van der Waals surface area (Å²) in [6.45, 7) is 3.62. The number of aliphatic carboxylic acids is 1. The first-order valence-electron chi connectivity index (χ1n) is 6.02. The number of rotatable bonds is 5. The molecule has 0 aliphatic heterocycles. The van der Waals surface area contributed by atoms with Crippen LogP contribution in [0.5, 0.6) is 0 Å². The lowest BCUT2D eigenvalue weighted by atomic mass is 10.1. The van der Waals surface area contributed by atoms with Crippen molar-refractivity contribution in [3.05, 3.63) is 33.8 Å². The van der Waals surface area contributed by atoms with Gasteiger partial charge in [0.05, 0.1) is 0 Å². The van der Waals surface area contributed by atoms with E-state index in [1.165, 1.54) is 0 Å². The van der Waals surface area contributed by atoms with Crippen LogP contribution in [0.4, 0.5) is 4.79 Å². The molecule has 2 amide bonds. The van der Waals surface area contributed by atoms with E-state index in [2.05, 4.69) is 10.6 Å². The minimum absolute atomic E-state index is 0.187. The predicted octanol–water partition coefficient (Wildman–Crippen LogP) is 2.90. The van der Waals surface area contributed by atoms with Gasteiger partial charge >= 0.3 is 12.0 Å². The highest BCUT2D eigenvalue weighted by molar-refractivity contribution is 6.35. The van der Waals surface area contributed by atoms with Gasteiger partial charge in [-0.05, 0) is 23.6 Å². The third-order valence-corrected chi connectivity index (χ3v) is 3.26. The maximum Gasteiger partial charge on any atom is 0.326 e. The van der Waals surface area contributed by atoms with E-state index in [-0.39, 0.29) is 12.5 Å². The van der Waals surface area contributed by atoms with E-state index in [1.54, 1.807) is 32.0 Å². The van der Waals surface area contributed by atoms with Crippen LogP contribution >= 0.6 is 23.2 Å². The molecule has 0 spiro atoms. The van der Waals surface area contributed by atoms with Crippen molar-refractivity contribution >= 4 is 35.2 Å². The molecule has 0 saturated heterocycles. The fourth-order valence-electron chi connectivity index (χ4n) is 1.55. The van der Waals surface area contributed by atoms with Gasteiger partial charge in [0.15, 0.2) is 0 Å². The van der Waals surface area contributed by atoms with E-state index < -0.39 is 18.0 Å². The number of urea groups is 1. The van der Waals surface area contributed by atoms with Crippen LogP contribution < -0.4 is 10.6 Å². The van der Waals surface area contributed by atoms with Crippen molar-refractivity contribution in [2.45, 2.75) is 26.4 Å². The van der Waals surface area contributed by atoms with Gasteiger partial charge in [0.1, 0.15) is 6.04 Å². The van der Waals surface area contributed by atoms with Crippen LogP contribution in [-0.4, -0.2) is 23.1 Å². The number of hydrogen-bond donors (Lipinski definition) is 3. The molecule has 20 heavy (non-hydrogen) atoms. The Morgan fingerprint density at radius 3 is 2.45 bits per heavy atom. The monoisotopic (exact) mass is 318 g/mol. The molecule has 7 heteroatoms. The number of carboxylic acid groups (broad SMARTS) is 1. The molecular formula is C13H16Cl2N2O3. The number of benzene rings is 1. The number of carbonyl (C=O) groups is 2. The largest absolute Gasteiger partial charge is 0.480 e. The van der Waals surface area contributed by atoms with Gasteiger partial charge < -0.3 is 15.7 Å². The topological polar surface area (TPSA) is 78.4 Å². The summed E-state index contributed by atoms with van der Waals surface area (Å²) in [5, 5.41) is 14.9. The molecule has 0 fully saturated rings. The lowest BCUT2D eigenvalue weighted by Crippen LogP contribution is -2.48. The summed E-state index contributed by atoms with van der Waals surface area (Å²) in [6, 6.07) is 3.44. The average Bonchev–Trinajstić information content (AvgIpc) is 2.34. The molecule has 1 rings (SSSR count). The highest BCUT2D eigenvalue weighted by Crippen LogP contribution is 2.20. The molecule has 5 nitrogen and oxygen atoms in total. The van der Waals surface area contributed by atoms with Crippen molar-refractivity contribution < 1.29 is 14.7 Å². The third kappa shape index (κ3) is 4.90. The van der Waals surface area contributed by atoms with Crippen LogP contribution in [0.15, 0.2) is 18.2 Å². The van der Waals surface area contributed by atoms with Crippen LogP contribution in [0.2, 0.25) is 10.0 Å². The predicted molar refractivity (Wildman–Crippen MR) is 78.1 cm³/mol. The Balaban J connectivity index is 2.57. The maximum atomic E-state index is 11.7. The first-order chi connectivity index (χ1) is 9.31. The zero-order chi connectivity index (χ0) is 15.3. The minimum Gasteiger partial charge on any atom is -0.480 e. The fraction of sp³-hybridized carbons (Fsp3) is 0.385. The van der Waals surface area contributed by atoms with E-state index >= 15 is 0 Å². The summed E-state index contributed by atoms with van der Waals surface area (Å²) in [5.74, 6) is -1.28. The Morgan fingerprint density at radius 2 is 1.95 bits per heavy atom. The van der Waals surface area contributed by atoms with Crippen molar-refractivity contribution in [3.8, 4) is 0 Å². The van der Waals surface area contributed by atoms with Gasteiger partial charge in [-0.1, -0.05) is 43.1 Å². The maximum absolute atomic E-state index is 11.7. The first-order valence-corrected chi connectivity index (χ1v) is 6.78. The molecule has 0 saturated carbocycles. The van der Waals surface area contributed by atoms with Gasteiger partial charge in [-0.15, -0.1) is 0 Å². The number of hydrogen-bond acceptors (Lipinski definition) is 2. The van der Waals surface area contributed by atoms with E-state index in [0.717, 1.165) is 0 Å². The Hall–Kier alpha value is -1.46.